The van der Waals surface area contributed by atoms with Crippen LogP contribution in [0.1, 0.15) is 23.1 Å². The van der Waals surface area contributed by atoms with Crippen LogP contribution in [0.15, 0.2) is 59.9 Å². The van der Waals surface area contributed by atoms with E-state index in [0.29, 0.717) is 26.2 Å². The van der Waals surface area contributed by atoms with Crippen molar-refractivity contribution in [3.63, 3.8) is 0 Å². The summed E-state index contributed by atoms with van der Waals surface area (Å²) in [5, 5.41) is 4.51. The number of aryl methyl sites for hydroxylation is 2. The second-order valence-electron chi connectivity index (χ2n) is 8.04. The summed E-state index contributed by atoms with van der Waals surface area (Å²) in [5.41, 5.74) is 4.60. The summed E-state index contributed by atoms with van der Waals surface area (Å²) in [6, 6.07) is 14.2. The molecular weight excluding hydrogens is 376 g/mol. The van der Waals surface area contributed by atoms with Gasteiger partial charge in [0.05, 0.1) is 5.52 Å². The van der Waals surface area contributed by atoms with Gasteiger partial charge in [0.1, 0.15) is 12.7 Å². The van der Waals surface area contributed by atoms with Crippen LogP contribution in [0.25, 0.3) is 10.9 Å². The summed E-state index contributed by atoms with van der Waals surface area (Å²) in [5.74, 6) is 1.55. The highest BCUT2D eigenvalue weighted by Gasteiger charge is 2.20. The predicted octanol–water partition coefficient (Wildman–Crippen LogP) is 3.61. The van der Waals surface area contributed by atoms with Gasteiger partial charge in [0.15, 0.2) is 11.5 Å². The molecule has 0 amide bonds. The van der Waals surface area contributed by atoms with Crippen molar-refractivity contribution in [2.75, 3.05) is 13.2 Å². The molecule has 0 saturated carbocycles. The smallest absolute Gasteiger partial charge is 0.255 e. The lowest BCUT2D eigenvalue weighted by atomic mass is 10.0. The van der Waals surface area contributed by atoms with E-state index in [4.69, 9.17) is 9.47 Å². The fraction of sp³-hybridized carbons (Fsp3) is 0.320. The number of benzene rings is 2. The Labute approximate surface area is 175 Å². The molecule has 1 aromatic heterocycles. The van der Waals surface area contributed by atoms with Crippen molar-refractivity contribution < 1.29 is 9.47 Å². The zero-order chi connectivity index (χ0) is 20.5. The molecule has 3 aromatic rings. The first-order valence-corrected chi connectivity index (χ1v) is 10.6. The number of hydrogen-bond acceptors (Lipinski definition) is 4. The molecule has 2 aliphatic rings. The van der Waals surface area contributed by atoms with Gasteiger partial charge in [-0.1, -0.05) is 18.2 Å². The number of hydrogen-bond donors (Lipinski definition) is 1. The van der Waals surface area contributed by atoms with Crippen molar-refractivity contribution in [3.8, 4) is 11.5 Å². The molecule has 5 nitrogen and oxygen atoms in total. The van der Waals surface area contributed by atoms with Crippen molar-refractivity contribution in [2.45, 2.75) is 38.5 Å². The van der Waals surface area contributed by atoms with E-state index in [2.05, 4.69) is 24.0 Å². The molecule has 0 fully saturated rings. The van der Waals surface area contributed by atoms with Crippen LogP contribution >= 0.6 is 0 Å². The summed E-state index contributed by atoms with van der Waals surface area (Å²) in [6.45, 7) is 5.95. The molecule has 0 saturated heterocycles. The second-order valence-corrected chi connectivity index (χ2v) is 8.04. The molecule has 1 aliphatic carbocycles. The van der Waals surface area contributed by atoms with Gasteiger partial charge in [0.25, 0.3) is 5.56 Å². The van der Waals surface area contributed by atoms with Crippen LogP contribution in [0, 0.1) is 0 Å². The van der Waals surface area contributed by atoms with Crippen LogP contribution in [0.2, 0.25) is 0 Å². The minimum atomic E-state index is -0.0842. The van der Waals surface area contributed by atoms with Gasteiger partial charge in [-0.3, -0.25) is 4.79 Å². The number of rotatable bonds is 6. The summed E-state index contributed by atoms with van der Waals surface area (Å²) in [4.78, 5) is 13.1. The first-order chi connectivity index (χ1) is 14.7. The van der Waals surface area contributed by atoms with Crippen LogP contribution in [-0.2, 0) is 25.9 Å². The summed E-state index contributed by atoms with van der Waals surface area (Å²) in [7, 11) is 0. The maximum Gasteiger partial charge on any atom is 0.255 e. The van der Waals surface area contributed by atoms with E-state index in [1.807, 2.05) is 34.9 Å². The minimum Gasteiger partial charge on any atom is -0.486 e. The zero-order valence-electron chi connectivity index (χ0n) is 17.0. The van der Waals surface area contributed by atoms with Gasteiger partial charge in [-0.25, -0.2) is 0 Å². The Morgan fingerprint density at radius 3 is 2.77 bits per heavy atom. The Morgan fingerprint density at radius 2 is 1.93 bits per heavy atom. The first-order valence-electron chi connectivity index (χ1n) is 10.6. The number of pyridine rings is 1. The monoisotopic (exact) mass is 402 g/mol. The molecule has 5 heteroatoms. The summed E-state index contributed by atoms with van der Waals surface area (Å²) >= 11 is 0. The molecule has 1 N–H and O–H groups in total. The van der Waals surface area contributed by atoms with E-state index in [1.165, 1.54) is 17.5 Å². The van der Waals surface area contributed by atoms with Crippen molar-refractivity contribution >= 4 is 10.9 Å². The highest BCUT2D eigenvalue weighted by Crippen LogP contribution is 2.31. The normalized spacial score (nSPS) is 17.1. The molecule has 2 aromatic carbocycles. The molecular formula is C25H26N2O3. The summed E-state index contributed by atoms with van der Waals surface area (Å²) < 4.78 is 13.6. The number of fused-ring (bicyclic) bond motifs is 3. The molecule has 0 bridgehead atoms. The second kappa shape index (κ2) is 8.00. The number of nitrogens with zero attached hydrogens (tertiary/aromatic N) is 1. The topological polar surface area (TPSA) is 52.5 Å². The zero-order valence-corrected chi connectivity index (χ0v) is 17.0. The lowest BCUT2D eigenvalue weighted by Crippen LogP contribution is -2.39. The number of ether oxygens (including phenoxy) is 2. The van der Waals surface area contributed by atoms with Crippen LogP contribution < -0.4 is 20.3 Å². The van der Waals surface area contributed by atoms with Gasteiger partial charge < -0.3 is 19.4 Å². The highest BCUT2D eigenvalue weighted by molar-refractivity contribution is 5.82. The van der Waals surface area contributed by atoms with Gasteiger partial charge in [-0.15, -0.1) is 6.58 Å². The lowest BCUT2D eigenvalue weighted by molar-refractivity contribution is 0.0902. The van der Waals surface area contributed by atoms with Gasteiger partial charge in [-0.05, 0) is 66.1 Å². The SMILES string of the molecule is C=CCn1c(=O)c(CNCC2COc3ccccc3O2)cc2cc3c(cc21)CCC3. The van der Waals surface area contributed by atoms with E-state index in [-0.39, 0.29) is 11.7 Å². The van der Waals surface area contributed by atoms with Gasteiger partial charge in [0.2, 0.25) is 0 Å². The Kier molecular flexibility index (Phi) is 5.05. The van der Waals surface area contributed by atoms with Gasteiger partial charge >= 0.3 is 0 Å². The Bertz CT molecular complexity index is 1170. The third-order valence-electron chi connectivity index (χ3n) is 5.95. The molecule has 2 heterocycles. The summed E-state index contributed by atoms with van der Waals surface area (Å²) in [6.07, 6.45) is 5.12. The third kappa shape index (κ3) is 3.50. The molecule has 1 unspecified atom stereocenters. The molecule has 30 heavy (non-hydrogen) atoms. The highest BCUT2D eigenvalue weighted by atomic mass is 16.6. The molecule has 154 valence electrons. The molecule has 0 spiro atoms. The largest absolute Gasteiger partial charge is 0.486 e. The average molecular weight is 402 g/mol. The van der Waals surface area contributed by atoms with Crippen LogP contribution in [0.4, 0.5) is 0 Å². The van der Waals surface area contributed by atoms with E-state index < -0.39 is 0 Å². The van der Waals surface area contributed by atoms with Crippen molar-refractivity contribution in [1.82, 2.24) is 9.88 Å². The molecule has 1 atom stereocenters. The molecule has 0 radical (unpaired) electrons. The fourth-order valence-electron chi connectivity index (χ4n) is 4.48. The van der Waals surface area contributed by atoms with Crippen LogP contribution in [0.5, 0.6) is 11.5 Å². The van der Waals surface area contributed by atoms with Crippen molar-refractivity contribution in [2.24, 2.45) is 0 Å². The maximum absolute atomic E-state index is 13.1. The maximum atomic E-state index is 13.1. The third-order valence-corrected chi connectivity index (χ3v) is 5.95. The Morgan fingerprint density at radius 1 is 1.13 bits per heavy atom. The van der Waals surface area contributed by atoms with Crippen LogP contribution in [0.3, 0.4) is 0 Å². The minimum absolute atomic E-state index is 0.0407. The Balaban J connectivity index is 1.35. The molecule has 5 rings (SSSR count). The predicted molar refractivity (Wildman–Crippen MR) is 118 cm³/mol. The van der Waals surface area contributed by atoms with Crippen molar-refractivity contribution in [3.05, 3.63) is 82.2 Å². The number of para-hydroxylation sites is 2. The quantitative estimate of drug-likeness (QED) is 0.640. The van der Waals surface area contributed by atoms with Crippen molar-refractivity contribution in [1.29, 1.82) is 0 Å². The standard InChI is InChI=1S/C25H26N2O3/c1-2-10-27-22-13-18-7-5-6-17(18)11-19(22)12-20(25(27)28)14-26-15-21-16-29-23-8-3-4-9-24(23)30-21/h2-4,8-9,11-13,21,26H,1,5-7,10,14-16H2. The Hall–Kier alpha value is -3.05. The van der Waals surface area contributed by atoms with E-state index >= 15 is 0 Å². The van der Waals surface area contributed by atoms with E-state index in [1.54, 1.807) is 6.08 Å². The fourth-order valence-corrected chi connectivity index (χ4v) is 4.48. The van der Waals surface area contributed by atoms with E-state index in [0.717, 1.165) is 40.8 Å². The lowest BCUT2D eigenvalue weighted by Gasteiger charge is -2.26. The average Bonchev–Trinajstić information content (AvgIpc) is 3.22. The molecule has 1 aliphatic heterocycles. The number of allylic oxidation sites excluding steroid dienone is 1. The van der Waals surface area contributed by atoms with Crippen LogP contribution in [-0.4, -0.2) is 23.8 Å². The number of aromatic nitrogens is 1. The van der Waals surface area contributed by atoms with Gasteiger partial charge in [-0.2, -0.15) is 0 Å². The first kappa shape index (κ1) is 18.9. The number of nitrogens with one attached hydrogen (secondary N) is 1. The van der Waals surface area contributed by atoms with Gasteiger partial charge in [0, 0.05) is 25.2 Å². The van der Waals surface area contributed by atoms with E-state index in [9.17, 15) is 4.79 Å².